The van der Waals surface area contributed by atoms with Crippen LogP contribution in [-0.2, 0) is 20.4 Å². The molecule has 0 unspecified atom stereocenters. The molecule has 2 rings (SSSR count). The molecule has 5 nitrogen and oxygen atoms in total. The Bertz CT molecular complexity index is 463. The number of anilines is 1. The molecule has 2 amide bonds. The van der Waals surface area contributed by atoms with E-state index in [1.165, 1.54) is 7.11 Å². The maximum Gasteiger partial charge on any atom is 0.246 e. The number of amides is 2. The Labute approximate surface area is 101 Å². The van der Waals surface area contributed by atoms with Crippen LogP contribution in [0.3, 0.4) is 0 Å². The van der Waals surface area contributed by atoms with Crippen LogP contribution >= 0.6 is 0 Å². The predicted molar refractivity (Wildman–Crippen MR) is 63.4 cm³/mol. The van der Waals surface area contributed by atoms with E-state index in [9.17, 15) is 13.8 Å². The van der Waals surface area contributed by atoms with Gasteiger partial charge in [0.2, 0.25) is 11.8 Å². The summed E-state index contributed by atoms with van der Waals surface area (Å²) in [6.07, 6.45) is 0. The van der Waals surface area contributed by atoms with Gasteiger partial charge in [-0.2, -0.15) is 0 Å². The Morgan fingerprint density at radius 3 is 2.12 bits per heavy atom. The molecule has 17 heavy (non-hydrogen) atoms. The molecule has 0 aromatic heterocycles. The number of carbonyl (C=O) groups is 2. The number of ether oxygens (including phenoxy) is 1. The van der Waals surface area contributed by atoms with Gasteiger partial charge in [-0.15, -0.1) is 0 Å². The lowest BCUT2D eigenvalue weighted by molar-refractivity contribution is -0.124. The zero-order chi connectivity index (χ0) is 12.4. The average Bonchev–Trinajstić information content (AvgIpc) is 2.28. The van der Waals surface area contributed by atoms with Crippen LogP contribution in [0.4, 0.5) is 5.69 Å². The van der Waals surface area contributed by atoms with Crippen LogP contribution in [0.25, 0.3) is 0 Å². The van der Waals surface area contributed by atoms with Gasteiger partial charge in [-0.25, -0.2) is 4.90 Å². The lowest BCUT2D eigenvalue weighted by Crippen LogP contribution is -2.47. The number of benzene rings is 1. The Balaban J connectivity index is 2.28. The quantitative estimate of drug-likeness (QED) is 0.712. The number of imide groups is 1. The van der Waals surface area contributed by atoms with Crippen molar-refractivity contribution in [2.24, 2.45) is 0 Å². The first-order valence-corrected chi connectivity index (χ1v) is 6.45. The minimum Gasteiger partial charge on any atom is -0.497 e. The number of rotatable bonds is 2. The average molecular weight is 253 g/mol. The molecule has 1 aromatic rings. The Morgan fingerprint density at radius 1 is 1.12 bits per heavy atom. The largest absolute Gasteiger partial charge is 0.497 e. The van der Waals surface area contributed by atoms with E-state index in [0.717, 1.165) is 4.90 Å². The van der Waals surface area contributed by atoms with Crippen molar-refractivity contribution in [2.45, 2.75) is 0 Å². The van der Waals surface area contributed by atoms with Crippen molar-refractivity contribution in [3.05, 3.63) is 24.3 Å². The second kappa shape index (κ2) is 4.67. The summed E-state index contributed by atoms with van der Waals surface area (Å²) in [4.78, 5) is 24.4. The fourth-order valence-corrected chi connectivity index (χ4v) is 2.53. The second-order valence-corrected chi connectivity index (χ2v) is 5.01. The zero-order valence-electron chi connectivity index (χ0n) is 9.21. The minimum atomic E-state index is -1.37. The van der Waals surface area contributed by atoms with Crippen LogP contribution < -0.4 is 9.64 Å². The van der Waals surface area contributed by atoms with Gasteiger partial charge in [-0.1, -0.05) is 0 Å². The first-order chi connectivity index (χ1) is 8.11. The van der Waals surface area contributed by atoms with E-state index in [2.05, 4.69) is 0 Å². The number of methoxy groups -OCH3 is 1. The number of nitrogens with zero attached hydrogens (tertiary/aromatic N) is 1. The lowest BCUT2D eigenvalue weighted by Gasteiger charge is -2.24. The standard InChI is InChI=1S/C11H11NO4S/c1-16-9-4-2-8(3-5-9)12-10(13)6-17(15)7-11(12)14/h2-5H,6-7H2,1H3. The molecule has 0 atom stereocenters. The van der Waals surface area contributed by atoms with Crippen LogP contribution in [0.15, 0.2) is 24.3 Å². The highest BCUT2D eigenvalue weighted by atomic mass is 32.2. The van der Waals surface area contributed by atoms with Crippen molar-refractivity contribution in [1.82, 2.24) is 0 Å². The van der Waals surface area contributed by atoms with Crippen molar-refractivity contribution in [3.8, 4) is 5.75 Å². The molecular formula is C11H11NO4S. The summed E-state index contributed by atoms with van der Waals surface area (Å²) in [5.74, 6) is -0.404. The van der Waals surface area contributed by atoms with Gasteiger partial charge in [0.15, 0.2) is 0 Å². The van der Waals surface area contributed by atoms with Crippen LogP contribution in [0, 0.1) is 0 Å². The van der Waals surface area contributed by atoms with Crippen LogP contribution in [0.1, 0.15) is 0 Å². The summed E-state index contributed by atoms with van der Waals surface area (Å²) < 4.78 is 16.2. The number of hydrogen-bond donors (Lipinski definition) is 0. The summed E-state index contributed by atoms with van der Waals surface area (Å²) in [7, 11) is 0.171. The fourth-order valence-electron chi connectivity index (χ4n) is 1.61. The Kier molecular flexibility index (Phi) is 3.23. The molecule has 0 radical (unpaired) electrons. The topological polar surface area (TPSA) is 63.7 Å². The second-order valence-electron chi connectivity index (χ2n) is 3.55. The van der Waals surface area contributed by atoms with Gasteiger partial charge in [0, 0.05) is 10.8 Å². The van der Waals surface area contributed by atoms with E-state index in [1.807, 2.05) is 0 Å². The van der Waals surface area contributed by atoms with E-state index in [0.29, 0.717) is 11.4 Å². The molecule has 1 heterocycles. The van der Waals surface area contributed by atoms with E-state index in [1.54, 1.807) is 24.3 Å². The normalized spacial score (nSPS) is 17.4. The SMILES string of the molecule is COc1ccc(N2C(=O)CS(=O)CC2=O)cc1. The summed E-state index contributed by atoms with van der Waals surface area (Å²) in [5.41, 5.74) is 0.484. The van der Waals surface area contributed by atoms with Crippen LogP contribution in [0.5, 0.6) is 5.75 Å². The minimum absolute atomic E-state index is 0.0994. The Morgan fingerprint density at radius 2 is 1.65 bits per heavy atom. The molecule has 1 saturated heterocycles. The molecule has 6 heteroatoms. The third-order valence-corrected chi connectivity index (χ3v) is 3.54. The Hall–Kier alpha value is -1.69. The van der Waals surface area contributed by atoms with Crippen molar-refractivity contribution in [2.75, 3.05) is 23.5 Å². The third-order valence-electron chi connectivity index (χ3n) is 2.40. The maximum absolute atomic E-state index is 11.7. The van der Waals surface area contributed by atoms with Gasteiger partial charge >= 0.3 is 0 Å². The third kappa shape index (κ3) is 2.36. The molecule has 0 aliphatic carbocycles. The molecule has 0 spiro atoms. The van der Waals surface area contributed by atoms with Crippen molar-refractivity contribution >= 4 is 28.3 Å². The van der Waals surface area contributed by atoms with E-state index < -0.39 is 22.6 Å². The smallest absolute Gasteiger partial charge is 0.246 e. The summed E-state index contributed by atoms with van der Waals surface area (Å²) in [5, 5.41) is 0. The van der Waals surface area contributed by atoms with Gasteiger partial charge in [0.1, 0.15) is 17.3 Å². The molecule has 0 saturated carbocycles. The highest BCUT2D eigenvalue weighted by Gasteiger charge is 2.31. The number of carbonyl (C=O) groups excluding carboxylic acids is 2. The highest BCUT2D eigenvalue weighted by Crippen LogP contribution is 2.21. The zero-order valence-corrected chi connectivity index (χ0v) is 10.0. The summed E-state index contributed by atoms with van der Waals surface area (Å²) in [6, 6.07) is 6.59. The predicted octanol–water partition coefficient (Wildman–Crippen LogP) is 0.317. The fraction of sp³-hybridized carbons (Fsp3) is 0.273. The van der Waals surface area contributed by atoms with Crippen molar-refractivity contribution < 1.29 is 18.5 Å². The summed E-state index contributed by atoms with van der Waals surface area (Å²) >= 11 is 0. The molecule has 1 fully saturated rings. The molecule has 0 N–H and O–H groups in total. The van der Waals surface area contributed by atoms with Gasteiger partial charge in [-0.05, 0) is 24.3 Å². The van der Waals surface area contributed by atoms with Crippen molar-refractivity contribution in [1.29, 1.82) is 0 Å². The highest BCUT2D eigenvalue weighted by molar-refractivity contribution is 7.86. The molecule has 1 aliphatic rings. The first kappa shape index (κ1) is 11.8. The van der Waals surface area contributed by atoms with Gasteiger partial charge in [0.25, 0.3) is 0 Å². The molecule has 1 aliphatic heterocycles. The van der Waals surface area contributed by atoms with E-state index in [-0.39, 0.29) is 11.5 Å². The first-order valence-electron chi connectivity index (χ1n) is 4.96. The van der Waals surface area contributed by atoms with E-state index in [4.69, 9.17) is 4.74 Å². The lowest BCUT2D eigenvalue weighted by atomic mass is 10.2. The van der Waals surface area contributed by atoms with Crippen LogP contribution in [-0.4, -0.2) is 34.6 Å². The molecule has 0 bridgehead atoms. The maximum atomic E-state index is 11.7. The van der Waals surface area contributed by atoms with Gasteiger partial charge in [-0.3, -0.25) is 13.8 Å². The number of hydrogen-bond acceptors (Lipinski definition) is 4. The molecular weight excluding hydrogens is 242 g/mol. The van der Waals surface area contributed by atoms with Crippen LogP contribution in [0.2, 0.25) is 0 Å². The summed E-state index contributed by atoms with van der Waals surface area (Å²) in [6.45, 7) is 0. The molecule has 90 valence electrons. The van der Waals surface area contributed by atoms with E-state index >= 15 is 0 Å². The van der Waals surface area contributed by atoms with Crippen molar-refractivity contribution in [3.63, 3.8) is 0 Å². The molecule has 1 aromatic carbocycles. The van der Waals surface area contributed by atoms with Gasteiger partial charge < -0.3 is 4.74 Å². The van der Waals surface area contributed by atoms with Gasteiger partial charge in [0.05, 0.1) is 12.8 Å². The monoisotopic (exact) mass is 253 g/mol.